The van der Waals surface area contributed by atoms with Crippen LogP contribution in [0.5, 0.6) is 6.01 Å². The third-order valence-corrected chi connectivity index (χ3v) is 8.65. The molecule has 2 aliphatic heterocycles. The molecule has 6 rings (SSSR count). The van der Waals surface area contributed by atoms with E-state index in [0.717, 1.165) is 30.3 Å². The number of hydrogen-bond acceptors (Lipinski definition) is 8. The van der Waals surface area contributed by atoms with Crippen molar-refractivity contribution in [2.75, 3.05) is 44.7 Å². The Morgan fingerprint density at radius 2 is 2.14 bits per heavy atom. The summed E-state index contributed by atoms with van der Waals surface area (Å²) in [5, 5.41) is 17.1. The lowest BCUT2D eigenvalue weighted by Crippen LogP contribution is -2.51. The Hall–Kier alpha value is -3.95. The fourth-order valence-corrected chi connectivity index (χ4v) is 6.24. The molecule has 2 aliphatic rings. The van der Waals surface area contributed by atoms with Gasteiger partial charge in [0.1, 0.15) is 29.3 Å². The van der Waals surface area contributed by atoms with Crippen LogP contribution in [0.2, 0.25) is 5.02 Å². The molecule has 1 aromatic carbocycles. The number of nitrogens with zero attached hydrogens (tertiary/aromatic N) is 7. The van der Waals surface area contributed by atoms with Crippen LogP contribution in [0.4, 0.5) is 14.6 Å². The van der Waals surface area contributed by atoms with E-state index in [1.54, 1.807) is 6.20 Å². The lowest BCUT2D eigenvalue weighted by Gasteiger charge is -2.40. The standard InChI is InChI=1S/C29H32ClF2N9O/c1-17(31)14-40-8-9-41(15-19(40)5-6-33)28-27-26(36-29(37-28)42-16-20-4-3-7-39(20)2)18(12-34-27)10-21-22-13-35-38-24(22)11-23(32)25(21)30/h11-14,19-20,34H,3-5,7-10,15-16H2,1-2H3,(H,35,38). The Bertz CT molecular complexity index is 1680. The lowest BCUT2D eigenvalue weighted by atomic mass is 10.0. The molecule has 2 fully saturated rings. The second kappa shape index (κ2) is 11.7. The van der Waals surface area contributed by atoms with Crippen LogP contribution in [0.15, 0.2) is 30.5 Å². The van der Waals surface area contributed by atoms with E-state index in [4.69, 9.17) is 26.3 Å². The minimum absolute atomic E-state index is 0.0416. The maximum atomic E-state index is 14.7. The minimum Gasteiger partial charge on any atom is -0.462 e. The van der Waals surface area contributed by atoms with Crippen LogP contribution in [-0.4, -0.2) is 86.9 Å². The summed E-state index contributed by atoms with van der Waals surface area (Å²) in [6, 6.07) is 3.88. The Balaban J connectivity index is 1.39. The number of anilines is 1. The van der Waals surface area contributed by atoms with Crippen LogP contribution in [0.1, 0.15) is 37.3 Å². The summed E-state index contributed by atoms with van der Waals surface area (Å²) in [6.45, 7) is 4.43. The first-order chi connectivity index (χ1) is 20.3. The summed E-state index contributed by atoms with van der Waals surface area (Å²) >= 11 is 6.45. The summed E-state index contributed by atoms with van der Waals surface area (Å²) in [5.41, 5.74) is 3.31. The van der Waals surface area contributed by atoms with Gasteiger partial charge < -0.3 is 24.4 Å². The summed E-state index contributed by atoms with van der Waals surface area (Å²) in [5.74, 6) is -0.189. The largest absolute Gasteiger partial charge is 0.462 e. The molecule has 42 heavy (non-hydrogen) atoms. The van der Waals surface area contributed by atoms with Crippen LogP contribution in [0.3, 0.4) is 0 Å². The first kappa shape index (κ1) is 28.2. The first-order valence-corrected chi connectivity index (χ1v) is 14.4. The molecule has 2 atom stereocenters. The van der Waals surface area contributed by atoms with Crippen LogP contribution in [0, 0.1) is 17.1 Å². The molecule has 0 bridgehead atoms. The van der Waals surface area contributed by atoms with Gasteiger partial charge >= 0.3 is 6.01 Å². The summed E-state index contributed by atoms with van der Waals surface area (Å²) in [4.78, 5) is 19.2. The van der Waals surface area contributed by atoms with Gasteiger partial charge in [-0.15, -0.1) is 0 Å². The van der Waals surface area contributed by atoms with E-state index in [-0.39, 0.29) is 35.4 Å². The maximum Gasteiger partial charge on any atom is 0.319 e. The smallest absolute Gasteiger partial charge is 0.319 e. The summed E-state index contributed by atoms with van der Waals surface area (Å²) in [6.07, 6.45) is 7.64. The second-order valence-corrected chi connectivity index (χ2v) is 11.4. The number of aromatic amines is 2. The summed E-state index contributed by atoms with van der Waals surface area (Å²) < 4.78 is 34.7. The van der Waals surface area contributed by atoms with E-state index in [1.165, 1.54) is 19.2 Å². The molecule has 4 aromatic rings. The van der Waals surface area contributed by atoms with Gasteiger partial charge in [0, 0.05) is 61.5 Å². The Morgan fingerprint density at radius 3 is 2.90 bits per heavy atom. The average Bonchev–Trinajstić information content (AvgIpc) is 3.70. The predicted molar refractivity (Wildman–Crippen MR) is 157 cm³/mol. The molecule has 0 aliphatic carbocycles. The first-order valence-electron chi connectivity index (χ1n) is 14.0. The number of likely N-dealkylation sites (tertiary alicyclic amines) is 1. The number of halogens is 3. The van der Waals surface area contributed by atoms with Gasteiger partial charge in [-0.2, -0.15) is 20.3 Å². The highest BCUT2D eigenvalue weighted by atomic mass is 35.5. The predicted octanol–water partition coefficient (Wildman–Crippen LogP) is 4.93. The second-order valence-electron chi connectivity index (χ2n) is 11.0. The highest BCUT2D eigenvalue weighted by Gasteiger charge is 2.29. The van der Waals surface area contributed by atoms with E-state index in [2.05, 4.69) is 38.1 Å². The molecule has 2 unspecified atom stereocenters. The van der Waals surface area contributed by atoms with Crippen LogP contribution < -0.4 is 9.64 Å². The number of allylic oxidation sites excluding steroid dienone is 1. The number of nitrogens with one attached hydrogen (secondary N) is 2. The third-order valence-electron chi connectivity index (χ3n) is 8.25. The Morgan fingerprint density at radius 1 is 1.29 bits per heavy atom. The molecule has 0 saturated carbocycles. The number of rotatable bonds is 8. The van der Waals surface area contributed by atoms with Crippen molar-refractivity contribution in [3.05, 3.63) is 52.5 Å². The van der Waals surface area contributed by atoms with E-state index < -0.39 is 5.82 Å². The van der Waals surface area contributed by atoms with Crippen molar-refractivity contribution >= 4 is 39.4 Å². The molecule has 5 heterocycles. The molecule has 3 aromatic heterocycles. The van der Waals surface area contributed by atoms with E-state index in [9.17, 15) is 14.0 Å². The van der Waals surface area contributed by atoms with Crippen LogP contribution in [0.25, 0.3) is 21.9 Å². The maximum absolute atomic E-state index is 14.7. The number of hydrogen-bond donors (Lipinski definition) is 2. The van der Waals surface area contributed by atoms with Gasteiger partial charge in [-0.1, -0.05) is 11.6 Å². The van der Waals surface area contributed by atoms with E-state index in [1.807, 2.05) is 11.1 Å². The number of aromatic nitrogens is 5. The third kappa shape index (κ3) is 5.46. The molecule has 0 radical (unpaired) electrons. The van der Waals surface area contributed by atoms with Gasteiger partial charge in [0.2, 0.25) is 0 Å². The van der Waals surface area contributed by atoms with Crippen molar-refractivity contribution in [1.29, 1.82) is 5.26 Å². The molecular weight excluding hydrogens is 564 g/mol. The normalized spacial score (nSPS) is 20.1. The van der Waals surface area contributed by atoms with Gasteiger partial charge in [0.05, 0.1) is 35.3 Å². The Labute approximate surface area is 246 Å². The van der Waals surface area contributed by atoms with Crippen molar-refractivity contribution in [2.45, 2.75) is 44.7 Å². The van der Waals surface area contributed by atoms with Gasteiger partial charge in [0.15, 0.2) is 5.82 Å². The lowest BCUT2D eigenvalue weighted by molar-refractivity contribution is 0.188. The molecule has 2 N–H and O–H groups in total. The molecular formula is C29H32ClF2N9O. The molecule has 13 heteroatoms. The number of benzene rings is 1. The highest BCUT2D eigenvalue weighted by molar-refractivity contribution is 6.32. The van der Waals surface area contributed by atoms with E-state index >= 15 is 0 Å². The minimum atomic E-state index is -0.526. The zero-order valence-electron chi connectivity index (χ0n) is 23.5. The van der Waals surface area contributed by atoms with Crippen molar-refractivity contribution in [3.8, 4) is 12.1 Å². The van der Waals surface area contributed by atoms with Gasteiger partial charge in [-0.25, -0.2) is 8.78 Å². The average molecular weight is 596 g/mol. The fourth-order valence-electron chi connectivity index (χ4n) is 6.02. The zero-order valence-corrected chi connectivity index (χ0v) is 24.3. The van der Waals surface area contributed by atoms with Crippen molar-refractivity contribution < 1.29 is 13.5 Å². The number of fused-ring (bicyclic) bond motifs is 2. The number of ether oxygens (including phenoxy) is 1. The molecule has 0 amide bonds. The van der Waals surface area contributed by atoms with Crippen LogP contribution >= 0.6 is 11.6 Å². The zero-order chi connectivity index (χ0) is 29.4. The molecule has 220 valence electrons. The quantitative estimate of drug-likeness (QED) is 0.295. The number of likely N-dealkylation sites (N-methyl/N-ethyl adjacent to an activating group) is 1. The fraction of sp³-hybridized carbons (Fsp3) is 0.448. The van der Waals surface area contributed by atoms with Crippen molar-refractivity contribution in [1.82, 2.24) is 34.9 Å². The molecule has 2 saturated heterocycles. The van der Waals surface area contributed by atoms with Gasteiger partial charge in [-0.05, 0) is 38.9 Å². The monoisotopic (exact) mass is 595 g/mol. The van der Waals surface area contributed by atoms with Crippen LogP contribution in [-0.2, 0) is 6.42 Å². The summed E-state index contributed by atoms with van der Waals surface area (Å²) in [7, 11) is 2.09. The van der Waals surface area contributed by atoms with E-state index in [0.29, 0.717) is 60.6 Å². The SMILES string of the molecule is CC(F)=CN1CCN(c2nc(OCC3CCCN3C)nc3c(Cc4c(Cl)c(F)cc5[nH]ncc45)c[nH]c23)CC1CC#N. The van der Waals surface area contributed by atoms with Crippen molar-refractivity contribution in [3.63, 3.8) is 0 Å². The topological polar surface area (TPSA) is 113 Å². The Kier molecular flexibility index (Phi) is 7.88. The van der Waals surface area contributed by atoms with Crippen molar-refractivity contribution in [2.24, 2.45) is 0 Å². The number of piperazine rings is 1. The molecule has 0 spiro atoms. The number of nitriles is 1. The molecule has 10 nitrogen and oxygen atoms in total. The van der Waals surface area contributed by atoms with Gasteiger partial charge in [-0.3, -0.25) is 5.10 Å². The number of H-pyrrole nitrogens is 2. The highest BCUT2D eigenvalue weighted by Crippen LogP contribution is 2.35. The van der Waals surface area contributed by atoms with Gasteiger partial charge in [0.25, 0.3) is 0 Å².